The van der Waals surface area contributed by atoms with Crippen LogP contribution in [-0.4, -0.2) is 19.7 Å². The minimum atomic E-state index is -0.515. The van der Waals surface area contributed by atoms with Crippen LogP contribution in [0.5, 0.6) is 0 Å². The molecule has 0 bridgehead atoms. The van der Waals surface area contributed by atoms with E-state index in [4.69, 9.17) is 5.73 Å². The van der Waals surface area contributed by atoms with Crippen molar-refractivity contribution < 1.29 is 0 Å². The Morgan fingerprint density at radius 1 is 1.47 bits per heavy atom. The maximum atomic E-state index is 11.7. The number of nitrogens with two attached hydrogens (primary N) is 1. The molecule has 19 heavy (non-hydrogen) atoms. The van der Waals surface area contributed by atoms with E-state index in [1.54, 1.807) is 12.4 Å². The molecule has 0 aromatic carbocycles. The average Bonchev–Trinajstić information content (AvgIpc) is 2.87. The molecule has 2 aromatic rings. The number of nitrogens with one attached hydrogen (secondary N) is 3. The molecule has 0 atom stereocenters. The van der Waals surface area contributed by atoms with Gasteiger partial charge in [-0.05, 0) is 6.42 Å². The minimum absolute atomic E-state index is 0.152. The van der Waals surface area contributed by atoms with Crippen LogP contribution >= 0.6 is 0 Å². The van der Waals surface area contributed by atoms with Crippen molar-refractivity contribution in [2.75, 3.05) is 11.1 Å². The highest BCUT2D eigenvalue weighted by Gasteiger charge is 2.11. The number of nitrogen functional groups attached to an aromatic ring is 1. The van der Waals surface area contributed by atoms with E-state index < -0.39 is 11.2 Å². The predicted octanol–water partition coefficient (Wildman–Crippen LogP) is -0.136. The van der Waals surface area contributed by atoms with Gasteiger partial charge >= 0.3 is 5.69 Å². The molecule has 0 fully saturated rings. The third kappa shape index (κ3) is 2.67. The topological polar surface area (TPSA) is 122 Å². The van der Waals surface area contributed by atoms with Crippen molar-refractivity contribution in [3.05, 3.63) is 38.8 Å². The molecule has 5 N–H and O–H groups in total. The fourth-order valence-corrected chi connectivity index (χ4v) is 1.77. The van der Waals surface area contributed by atoms with Gasteiger partial charge in [0.25, 0.3) is 5.56 Å². The number of aromatic amines is 2. The summed E-state index contributed by atoms with van der Waals surface area (Å²) in [6, 6.07) is 0. The van der Waals surface area contributed by atoms with Crippen LogP contribution in [0.2, 0.25) is 0 Å². The van der Waals surface area contributed by atoms with Crippen molar-refractivity contribution in [3.8, 4) is 0 Å². The maximum Gasteiger partial charge on any atom is 0.330 e. The molecule has 2 heterocycles. The molecule has 0 amide bonds. The number of anilines is 2. The van der Waals surface area contributed by atoms with Gasteiger partial charge in [0.15, 0.2) is 0 Å². The van der Waals surface area contributed by atoms with E-state index in [0.717, 1.165) is 12.0 Å². The highest BCUT2D eigenvalue weighted by Crippen LogP contribution is 2.11. The van der Waals surface area contributed by atoms with Gasteiger partial charge in [-0.15, -0.1) is 0 Å². The summed E-state index contributed by atoms with van der Waals surface area (Å²) in [4.78, 5) is 25.6. The fraction of sp³-hybridized carbons (Fsp3) is 0.364. The summed E-state index contributed by atoms with van der Waals surface area (Å²) in [5.74, 6) is 0.152. The number of aromatic nitrogens is 4. The van der Waals surface area contributed by atoms with Crippen LogP contribution in [-0.2, 0) is 13.1 Å². The molecule has 102 valence electrons. The van der Waals surface area contributed by atoms with Gasteiger partial charge in [0.1, 0.15) is 11.5 Å². The minimum Gasteiger partial charge on any atom is -0.383 e. The first-order chi connectivity index (χ1) is 9.13. The number of hydrogen-bond donors (Lipinski definition) is 4. The Hall–Kier alpha value is -2.51. The Balaban J connectivity index is 2.31. The van der Waals surface area contributed by atoms with Gasteiger partial charge in [-0.25, -0.2) is 4.79 Å². The van der Waals surface area contributed by atoms with Gasteiger partial charge in [0.05, 0.1) is 6.20 Å². The molecule has 0 unspecified atom stereocenters. The van der Waals surface area contributed by atoms with Gasteiger partial charge in [0, 0.05) is 24.8 Å². The van der Waals surface area contributed by atoms with Crippen LogP contribution in [0.3, 0.4) is 0 Å². The lowest BCUT2D eigenvalue weighted by molar-refractivity contribution is 0.642. The van der Waals surface area contributed by atoms with Crippen molar-refractivity contribution in [1.82, 2.24) is 19.7 Å². The SMILES string of the molecule is CCCn1c(N)c(NCc2cn[nH]c2)c(=O)[nH]c1=O. The fourth-order valence-electron chi connectivity index (χ4n) is 1.77. The number of rotatable bonds is 5. The lowest BCUT2D eigenvalue weighted by Gasteiger charge is -2.12. The zero-order chi connectivity index (χ0) is 13.8. The molecule has 0 aliphatic rings. The molecule has 0 saturated heterocycles. The van der Waals surface area contributed by atoms with Crippen molar-refractivity contribution in [2.45, 2.75) is 26.4 Å². The van der Waals surface area contributed by atoms with Crippen LogP contribution < -0.4 is 22.3 Å². The lowest BCUT2D eigenvalue weighted by atomic mass is 10.3. The molecule has 0 spiro atoms. The van der Waals surface area contributed by atoms with E-state index in [2.05, 4.69) is 20.5 Å². The average molecular weight is 264 g/mol. The summed E-state index contributed by atoms with van der Waals surface area (Å²) >= 11 is 0. The van der Waals surface area contributed by atoms with E-state index in [0.29, 0.717) is 13.1 Å². The molecular weight excluding hydrogens is 248 g/mol. The van der Waals surface area contributed by atoms with Gasteiger partial charge in [-0.3, -0.25) is 19.4 Å². The van der Waals surface area contributed by atoms with Crippen molar-refractivity contribution in [2.24, 2.45) is 0 Å². The first-order valence-electron chi connectivity index (χ1n) is 5.97. The van der Waals surface area contributed by atoms with Crippen molar-refractivity contribution in [3.63, 3.8) is 0 Å². The highest BCUT2D eigenvalue weighted by molar-refractivity contribution is 5.60. The normalized spacial score (nSPS) is 10.6. The molecule has 0 saturated carbocycles. The number of H-pyrrole nitrogens is 2. The second-order valence-electron chi connectivity index (χ2n) is 4.13. The second-order valence-corrected chi connectivity index (χ2v) is 4.13. The quantitative estimate of drug-likeness (QED) is 0.599. The van der Waals surface area contributed by atoms with Gasteiger partial charge < -0.3 is 11.1 Å². The maximum absolute atomic E-state index is 11.7. The Kier molecular flexibility index (Phi) is 3.69. The monoisotopic (exact) mass is 264 g/mol. The second kappa shape index (κ2) is 5.42. The predicted molar refractivity (Wildman–Crippen MR) is 71.9 cm³/mol. The van der Waals surface area contributed by atoms with E-state index in [9.17, 15) is 9.59 Å². The third-order valence-corrected chi connectivity index (χ3v) is 2.71. The van der Waals surface area contributed by atoms with Crippen LogP contribution in [0, 0.1) is 0 Å². The van der Waals surface area contributed by atoms with Gasteiger partial charge in [-0.2, -0.15) is 5.10 Å². The zero-order valence-electron chi connectivity index (χ0n) is 10.6. The van der Waals surface area contributed by atoms with Crippen molar-refractivity contribution >= 4 is 11.5 Å². The molecule has 8 nitrogen and oxygen atoms in total. The Morgan fingerprint density at radius 2 is 2.26 bits per heavy atom. The summed E-state index contributed by atoms with van der Waals surface area (Å²) < 4.78 is 1.35. The largest absolute Gasteiger partial charge is 0.383 e. The molecule has 2 aromatic heterocycles. The molecule has 0 radical (unpaired) electrons. The smallest absolute Gasteiger partial charge is 0.330 e. The zero-order valence-corrected chi connectivity index (χ0v) is 10.6. The standard InChI is InChI=1S/C11H16N6O2/c1-2-3-17-9(12)8(10(18)16-11(17)19)13-4-7-5-14-15-6-7/h5-6,13H,2-4,12H2,1H3,(H,14,15)(H,16,18,19). The van der Waals surface area contributed by atoms with Crippen LogP contribution in [0.1, 0.15) is 18.9 Å². The van der Waals surface area contributed by atoms with Crippen LogP contribution in [0.4, 0.5) is 11.5 Å². The first kappa shape index (κ1) is 12.9. The first-order valence-corrected chi connectivity index (χ1v) is 5.97. The molecular formula is C11H16N6O2. The van der Waals surface area contributed by atoms with Crippen LogP contribution in [0.25, 0.3) is 0 Å². The summed E-state index contributed by atoms with van der Waals surface area (Å²) in [5.41, 5.74) is 5.95. The van der Waals surface area contributed by atoms with E-state index >= 15 is 0 Å². The van der Waals surface area contributed by atoms with Crippen molar-refractivity contribution in [1.29, 1.82) is 0 Å². The third-order valence-electron chi connectivity index (χ3n) is 2.71. The number of hydrogen-bond acceptors (Lipinski definition) is 5. The van der Waals surface area contributed by atoms with Gasteiger partial charge in [-0.1, -0.05) is 6.92 Å². The van der Waals surface area contributed by atoms with E-state index in [1.807, 2.05) is 6.92 Å². The molecule has 0 aliphatic carbocycles. The Labute approximate surface area is 108 Å². The Bertz CT molecular complexity index is 655. The molecule has 2 rings (SSSR count). The summed E-state index contributed by atoms with van der Waals surface area (Å²) in [5, 5.41) is 9.40. The summed E-state index contributed by atoms with van der Waals surface area (Å²) in [6.45, 7) is 2.78. The molecule has 0 aliphatic heterocycles. The van der Waals surface area contributed by atoms with Crippen LogP contribution in [0.15, 0.2) is 22.0 Å². The lowest BCUT2D eigenvalue weighted by Crippen LogP contribution is -2.34. The Morgan fingerprint density at radius 3 is 2.89 bits per heavy atom. The summed E-state index contributed by atoms with van der Waals surface area (Å²) in [7, 11) is 0. The highest BCUT2D eigenvalue weighted by atomic mass is 16.2. The van der Waals surface area contributed by atoms with E-state index in [1.165, 1.54) is 4.57 Å². The molecule has 8 heteroatoms. The van der Waals surface area contributed by atoms with Gasteiger partial charge in [0.2, 0.25) is 0 Å². The number of nitrogens with zero attached hydrogens (tertiary/aromatic N) is 2. The summed E-state index contributed by atoms with van der Waals surface area (Å²) in [6.07, 6.45) is 4.09. The van der Waals surface area contributed by atoms with E-state index in [-0.39, 0.29) is 11.5 Å².